The minimum absolute atomic E-state index is 0.370. The highest BCUT2D eigenvalue weighted by Gasteiger charge is 1.85. The zero-order valence-corrected chi connectivity index (χ0v) is 6.63. The van der Waals surface area contributed by atoms with E-state index in [0.717, 1.165) is 6.42 Å². The average Bonchev–Trinajstić information content (AvgIpc) is 1.87. The Bertz CT molecular complexity index is 128. The molecular formula is C9H14O. The maximum atomic E-state index is 4.96. The van der Waals surface area contributed by atoms with E-state index in [1.54, 1.807) is 6.26 Å². The lowest BCUT2D eigenvalue weighted by Gasteiger charge is -1.96. The number of hydrogen-bond acceptors (Lipinski definition) is 1. The molecule has 0 atom stereocenters. The molecule has 0 aromatic heterocycles. The van der Waals surface area contributed by atoms with Crippen LogP contribution in [-0.2, 0) is 4.74 Å². The Labute approximate surface area is 63.1 Å². The second-order valence-corrected chi connectivity index (χ2v) is 2.52. The molecular weight excluding hydrogens is 124 g/mol. The van der Waals surface area contributed by atoms with Crippen LogP contribution < -0.4 is 0 Å². The molecule has 0 radical (unpaired) electrons. The van der Waals surface area contributed by atoms with Crippen LogP contribution >= 0.6 is 0 Å². The summed E-state index contributed by atoms with van der Waals surface area (Å²) in [5.41, 5.74) is 0. The molecule has 0 spiro atoms. The van der Waals surface area contributed by atoms with Gasteiger partial charge in [-0.3, -0.25) is 0 Å². The van der Waals surface area contributed by atoms with Gasteiger partial charge < -0.3 is 4.74 Å². The van der Waals surface area contributed by atoms with Crippen LogP contribution in [-0.4, -0.2) is 6.61 Å². The molecule has 0 aromatic rings. The molecule has 0 bridgehead atoms. The molecule has 0 N–H and O–H groups in total. The highest BCUT2D eigenvalue weighted by molar-refractivity contribution is 4.85. The van der Waals surface area contributed by atoms with E-state index in [0.29, 0.717) is 12.5 Å². The summed E-state index contributed by atoms with van der Waals surface area (Å²) in [5, 5.41) is 0. The number of hydrogen-bond donors (Lipinski definition) is 0. The van der Waals surface area contributed by atoms with Gasteiger partial charge in [-0.25, -0.2) is 0 Å². The number of rotatable bonds is 4. The summed E-state index contributed by atoms with van der Waals surface area (Å²) < 4.78 is 4.92. The molecule has 0 aliphatic carbocycles. The van der Waals surface area contributed by atoms with Crippen LogP contribution in [0.25, 0.3) is 0 Å². The Hall–Kier alpha value is -0.900. The van der Waals surface area contributed by atoms with Gasteiger partial charge in [-0.05, 0) is 18.4 Å². The molecule has 0 unspecified atom stereocenters. The van der Waals surface area contributed by atoms with Crippen molar-refractivity contribution in [3.63, 3.8) is 0 Å². The fourth-order valence-corrected chi connectivity index (χ4v) is 0.492. The van der Waals surface area contributed by atoms with Crippen LogP contribution in [0, 0.1) is 18.3 Å². The summed E-state index contributed by atoms with van der Waals surface area (Å²) in [6.45, 7) is 4.69. The molecule has 0 rings (SSSR count). The van der Waals surface area contributed by atoms with Crippen molar-refractivity contribution in [3.8, 4) is 12.3 Å². The van der Waals surface area contributed by atoms with E-state index in [1.807, 2.05) is 6.08 Å². The van der Waals surface area contributed by atoms with Gasteiger partial charge in [0, 0.05) is 0 Å². The Balaban J connectivity index is 3.14. The van der Waals surface area contributed by atoms with Crippen molar-refractivity contribution >= 4 is 0 Å². The maximum absolute atomic E-state index is 4.96. The minimum atomic E-state index is 0.370. The van der Waals surface area contributed by atoms with Gasteiger partial charge >= 0.3 is 0 Å². The zero-order valence-electron chi connectivity index (χ0n) is 6.63. The topological polar surface area (TPSA) is 9.23 Å². The molecule has 1 heteroatoms. The fraction of sp³-hybridized carbons (Fsp3) is 0.556. The first-order valence-corrected chi connectivity index (χ1v) is 3.47. The van der Waals surface area contributed by atoms with Gasteiger partial charge in [0.15, 0.2) is 0 Å². The Morgan fingerprint density at radius 3 is 2.80 bits per heavy atom. The molecule has 0 aliphatic heterocycles. The molecule has 0 fully saturated rings. The van der Waals surface area contributed by atoms with Gasteiger partial charge in [0.1, 0.15) is 6.61 Å². The van der Waals surface area contributed by atoms with Gasteiger partial charge in [-0.1, -0.05) is 19.8 Å². The normalized spacial score (nSPS) is 10.2. The van der Waals surface area contributed by atoms with Crippen molar-refractivity contribution in [2.75, 3.05) is 6.61 Å². The first-order valence-electron chi connectivity index (χ1n) is 3.47. The van der Waals surface area contributed by atoms with Crippen molar-refractivity contribution in [1.29, 1.82) is 0 Å². The first kappa shape index (κ1) is 9.10. The van der Waals surface area contributed by atoms with E-state index in [9.17, 15) is 0 Å². The minimum Gasteiger partial charge on any atom is -0.489 e. The summed E-state index contributed by atoms with van der Waals surface area (Å²) in [5.74, 6) is 3.07. The third-order valence-electron chi connectivity index (χ3n) is 0.967. The second kappa shape index (κ2) is 6.22. The van der Waals surface area contributed by atoms with E-state index in [-0.39, 0.29) is 0 Å². The number of allylic oxidation sites excluding steroid dienone is 1. The van der Waals surface area contributed by atoms with E-state index >= 15 is 0 Å². The van der Waals surface area contributed by atoms with Crippen LogP contribution in [0.3, 0.4) is 0 Å². The molecule has 56 valence electrons. The van der Waals surface area contributed by atoms with Crippen LogP contribution in [0.15, 0.2) is 12.3 Å². The Morgan fingerprint density at radius 1 is 1.60 bits per heavy atom. The first-order chi connectivity index (χ1) is 4.77. The predicted octanol–water partition coefficient (Wildman–Crippen LogP) is 2.20. The van der Waals surface area contributed by atoms with Gasteiger partial charge in [0.25, 0.3) is 0 Å². The number of ether oxygens (including phenoxy) is 1. The molecule has 0 aliphatic rings. The summed E-state index contributed by atoms with van der Waals surface area (Å²) in [7, 11) is 0. The molecule has 0 saturated heterocycles. The van der Waals surface area contributed by atoms with Crippen molar-refractivity contribution in [2.24, 2.45) is 5.92 Å². The van der Waals surface area contributed by atoms with Gasteiger partial charge in [-0.15, -0.1) is 6.42 Å². The second-order valence-electron chi connectivity index (χ2n) is 2.52. The Morgan fingerprint density at radius 2 is 2.30 bits per heavy atom. The summed E-state index contributed by atoms with van der Waals surface area (Å²) >= 11 is 0. The van der Waals surface area contributed by atoms with E-state index in [1.165, 1.54) is 0 Å². The molecule has 0 aromatic carbocycles. The van der Waals surface area contributed by atoms with Crippen LogP contribution in [0.2, 0.25) is 0 Å². The van der Waals surface area contributed by atoms with Gasteiger partial charge in [0.05, 0.1) is 6.26 Å². The summed E-state index contributed by atoms with van der Waals surface area (Å²) in [4.78, 5) is 0. The van der Waals surface area contributed by atoms with Crippen LogP contribution in [0.1, 0.15) is 20.3 Å². The lowest BCUT2D eigenvalue weighted by atomic mass is 10.1. The van der Waals surface area contributed by atoms with E-state index in [2.05, 4.69) is 19.8 Å². The monoisotopic (exact) mass is 138 g/mol. The van der Waals surface area contributed by atoms with E-state index < -0.39 is 0 Å². The maximum Gasteiger partial charge on any atom is 0.147 e. The van der Waals surface area contributed by atoms with Gasteiger partial charge in [0.2, 0.25) is 0 Å². The molecule has 10 heavy (non-hydrogen) atoms. The van der Waals surface area contributed by atoms with Crippen molar-refractivity contribution in [3.05, 3.63) is 12.3 Å². The smallest absolute Gasteiger partial charge is 0.147 e. The third-order valence-corrected chi connectivity index (χ3v) is 0.967. The Kier molecular flexibility index (Phi) is 5.66. The highest BCUT2D eigenvalue weighted by atomic mass is 16.5. The zero-order chi connectivity index (χ0) is 7.82. The van der Waals surface area contributed by atoms with Crippen molar-refractivity contribution < 1.29 is 4.74 Å². The summed E-state index contributed by atoms with van der Waals surface area (Å²) in [6.07, 6.45) is 9.66. The molecule has 0 amide bonds. The average molecular weight is 138 g/mol. The summed E-state index contributed by atoms with van der Waals surface area (Å²) in [6, 6.07) is 0. The number of terminal acetylenes is 1. The van der Waals surface area contributed by atoms with E-state index in [4.69, 9.17) is 11.2 Å². The standard InChI is InChI=1S/C9H14O/c1-4-7-10-8-5-6-9(2)3/h1,5,8-9H,6-7H2,2-3H3/b8-5+. The third kappa shape index (κ3) is 7.10. The highest BCUT2D eigenvalue weighted by Crippen LogP contribution is 1.99. The fourth-order valence-electron chi connectivity index (χ4n) is 0.492. The lowest BCUT2D eigenvalue weighted by molar-refractivity contribution is 0.294. The van der Waals surface area contributed by atoms with Crippen LogP contribution in [0.4, 0.5) is 0 Å². The SMILES string of the molecule is C#CCO/C=C/CC(C)C. The molecule has 0 heterocycles. The lowest BCUT2D eigenvalue weighted by Crippen LogP contribution is -1.83. The molecule has 1 nitrogen and oxygen atoms in total. The van der Waals surface area contributed by atoms with Crippen LogP contribution in [0.5, 0.6) is 0 Å². The quantitative estimate of drug-likeness (QED) is 0.329. The predicted molar refractivity (Wildman–Crippen MR) is 43.4 cm³/mol. The largest absolute Gasteiger partial charge is 0.489 e. The molecule has 0 saturated carbocycles. The van der Waals surface area contributed by atoms with Crippen molar-refractivity contribution in [2.45, 2.75) is 20.3 Å². The van der Waals surface area contributed by atoms with Gasteiger partial charge in [-0.2, -0.15) is 0 Å². The van der Waals surface area contributed by atoms with Crippen molar-refractivity contribution in [1.82, 2.24) is 0 Å².